The molecule has 18 heavy (non-hydrogen) atoms. The second-order valence-electron chi connectivity index (χ2n) is 3.20. The lowest BCUT2D eigenvalue weighted by Crippen LogP contribution is -1.99. The first-order chi connectivity index (χ1) is 8.62. The van der Waals surface area contributed by atoms with Gasteiger partial charge >= 0.3 is 11.9 Å². The molecule has 0 aliphatic carbocycles. The third-order valence-corrected chi connectivity index (χ3v) is 1.76. The quantitative estimate of drug-likeness (QED) is 0.416. The Balaban J connectivity index is 0. The van der Waals surface area contributed by atoms with E-state index in [2.05, 4.69) is 35.5 Å². The van der Waals surface area contributed by atoms with Gasteiger partial charge in [-0.25, -0.2) is 0 Å². The van der Waals surface area contributed by atoms with Gasteiger partial charge < -0.3 is 9.47 Å². The van der Waals surface area contributed by atoms with Gasteiger partial charge in [0.2, 0.25) is 0 Å². The maximum atomic E-state index is 10.5. The molecule has 0 aromatic rings. The lowest BCUT2D eigenvalue weighted by Gasteiger charge is -1.93. The van der Waals surface area contributed by atoms with E-state index in [4.69, 9.17) is 0 Å². The average molecular weight is 255 g/mol. The van der Waals surface area contributed by atoms with Crippen LogP contribution < -0.4 is 0 Å². The van der Waals surface area contributed by atoms with Crippen LogP contribution in [0.4, 0.5) is 0 Å². The second-order valence-corrected chi connectivity index (χ2v) is 3.20. The van der Waals surface area contributed by atoms with Gasteiger partial charge in [-0.1, -0.05) is 25.2 Å². The molecule has 0 heterocycles. The van der Waals surface area contributed by atoms with E-state index in [0.29, 0.717) is 0 Å². The summed E-state index contributed by atoms with van der Waals surface area (Å²) in [5.74, 6) is -0.646. The fourth-order valence-electron chi connectivity index (χ4n) is 0.810. The van der Waals surface area contributed by atoms with Crippen LogP contribution in [0.15, 0.2) is 24.3 Å². The van der Waals surface area contributed by atoms with Gasteiger partial charge in [-0.2, -0.15) is 0 Å². The smallest absolute Gasteiger partial charge is 0.309 e. The molecule has 0 aliphatic heterocycles. The molecule has 0 spiro atoms. The van der Waals surface area contributed by atoms with E-state index in [1.165, 1.54) is 14.2 Å². The molecule has 0 fully saturated rings. The molecule has 102 valence electrons. The van der Waals surface area contributed by atoms with Crippen molar-refractivity contribution < 1.29 is 19.1 Å². The summed E-state index contributed by atoms with van der Waals surface area (Å²) in [6.45, 7) is 5.75. The summed E-state index contributed by atoms with van der Waals surface area (Å²) in [5, 5.41) is 0. The van der Waals surface area contributed by atoms with E-state index < -0.39 is 0 Å². The molecule has 0 unspecified atom stereocenters. The van der Waals surface area contributed by atoms with Crippen LogP contribution in [0.1, 0.15) is 32.6 Å². The highest BCUT2D eigenvalue weighted by Gasteiger charge is 1.96. The van der Waals surface area contributed by atoms with Gasteiger partial charge in [-0.15, -0.1) is 0 Å². The van der Waals surface area contributed by atoms with Gasteiger partial charge in [-0.3, -0.25) is 9.59 Å². The number of carbonyl (C=O) groups excluding carboxylic acids is 2. The minimum Gasteiger partial charge on any atom is -0.469 e. The molecule has 0 bridgehead atoms. The van der Waals surface area contributed by atoms with E-state index in [1.807, 2.05) is 0 Å². The number of carbonyl (C=O) groups is 2. The molecule has 0 rings (SSSR count). The van der Waals surface area contributed by atoms with E-state index in [1.54, 1.807) is 12.2 Å². The van der Waals surface area contributed by atoms with Crippen LogP contribution in [0.2, 0.25) is 0 Å². The first kappa shape index (κ1) is 18.6. The van der Waals surface area contributed by atoms with Crippen molar-refractivity contribution in [3.63, 3.8) is 0 Å². The number of hydrogen-bond donors (Lipinski definition) is 0. The van der Waals surface area contributed by atoms with Crippen LogP contribution in [-0.4, -0.2) is 26.2 Å². The Bertz CT molecular complexity index is 241. The summed E-state index contributed by atoms with van der Waals surface area (Å²) in [6, 6.07) is 0. The maximum Gasteiger partial charge on any atom is 0.309 e. The molecule has 0 saturated carbocycles. The zero-order chi connectivity index (χ0) is 14.2. The SMILES string of the molecule is COC(=O)CC=CCC(=O)OC.[CH2+]CC=CCC. The van der Waals surface area contributed by atoms with Crippen LogP contribution in [0.3, 0.4) is 0 Å². The first-order valence-electron chi connectivity index (χ1n) is 5.85. The van der Waals surface area contributed by atoms with Gasteiger partial charge in [0.25, 0.3) is 0 Å². The Kier molecular flexibility index (Phi) is 15.8. The molecule has 0 saturated heterocycles. The van der Waals surface area contributed by atoms with Crippen molar-refractivity contribution in [1.82, 2.24) is 0 Å². The first-order valence-corrected chi connectivity index (χ1v) is 5.85. The molecule has 0 N–H and O–H groups in total. The summed E-state index contributed by atoms with van der Waals surface area (Å²) in [7, 11) is 2.63. The molecule has 4 heteroatoms. The van der Waals surface area contributed by atoms with Gasteiger partial charge in [-0.05, 0) is 12.5 Å². The molecule has 0 aromatic carbocycles. The maximum absolute atomic E-state index is 10.5. The van der Waals surface area contributed by atoms with Crippen molar-refractivity contribution >= 4 is 11.9 Å². The standard InChI is InChI=1S/C8H12O4.C6H11/c1-11-7(9)5-3-4-6-8(10)12-2;1-3-5-6-4-2/h3-4H,5-6H2,1-2H3;5-6H,1,3-4H2,2H3/q;+1. The molecule has 0 atom stereocenters. The number of esters is 2. The van der Waals surface area contributed by atoms with Gasteiger partial charge in [0.1, 0.15) is 6.42 Å². The Morgan fingerprint density at radius 3 is 1.61 bits per heavy atom. The van der Waals surface area contributed by atoms with Crippen LogP contribution in [-0.2, 0) is 19.1 Å². The zero-order valence-electron chi connectivity index (χ0n) is 11.5. The second kappa shape index (κ2) is 15.3. The topological polar surface area (TPSA) is 52.6 Å². The predicted molar refractivity (Wildman–Crippen MR) is 71.8 cm³/mol. The number of allylic oxidation sites excluding steroid dienone is 2. The van der Waals surface area contributed by atoms with E-state index >= 15 is 0 Å². The normalized spacial score (nSPS) is 9.94. The van der Waals surface area contributed by atoms with Crippen molar-refractivity contribution in [3.8, 4) is 0 Å². The van der Waals surface area contributed by atoms with Crippen molar-refractivity contribution in [2.75, 3.05) is 14.2 Å². The average Bonchev–Trinajstić information content (AvgIpc) is 2.41. The third kappa shape index (κ3) is 16.7. The van der Waals surface area contributed by atoms with Crippen LogP contribution in [0.25, 0.3) is 0 Å². The molecular formula is C14H23O4+. The van der Waals surface area contributed by atoms with Crippen molar-refractivity contribution in [2.45, 2.75) is 32.6 Å². The van der Waals surface area contributed by atoms with E-state index in [-0.39, 0.29) is 24.8 Å². The summed E-state index contributed by atoms with van der Waals surface area (Å²) in [5.41, 5.74) is 0. The van der Waals surface area contributed by atoms with Gasteiger partial charge in [0, 0.05) is 0 Å². The Labute approximate surface area is 110 Å². The molecule has 0 amide bonds. The van der Waals surface area contributed by atoms with E-state index in [0.717, 1.165) is 12.8 Å². The highest BCUT2D eigenvalue weighted by molar-refractivity contribution is 5.72. The number of rotatable bonds is 6. The zero-order valence-corrected chi connectivity index (χ0v) is 11.5. The molecule has 0 radical (unpaired) electrons. The highest BCUT2D eigenvalue weighted by Crippen LogP contribution is 1.91. The Morgan fingerprint density at radius 1 is 0.944 bits per heavy atom. The van der Waals surface area contributed by atoms with Crippen LogP contribution >= 0.6 is 0 Å². The summed E-state index contributed by atoms with van der Waals surface area (Å²) in [4.78, 5) is 21.1. The van der Waals surface area contributed by atoms with Crippen molar-refractivity contribution in [1.29, 1.82) is 0 Å². The third-order valence-electron chi connectivity index (χ3n) is 1.76. The fraction of sp³-hybridized carbons (Fsp3) is 0.500. The Morgan fingerprint density at radius 2 is 1.39 bits per heavy atom. The fourth-order valence-corrected chi connectivity index (χ4v) is 0.810. The van der Waals surface area contributed by atoms with E-state index in [9.17, 15) is 9.59 Å². The minimum absolute atomic E-state index is 0.188. The largest absolute Gasteiger partial charge is 0.469 e. The van der Waals surface area contributed by atoms with Crippen molar-refractivity contribution in [2.24, 2.45) is 0 Å². The minimum atomic E-state index is -0.323. The monoisotopic (exact) mass is 255 g/mol. The lowest BCUT2D eigenvalue weighted by atomic mass is 10.3. The van der Waals surface area contributed by atoms with Crippen molar-refractivity contribution in [3.05, 3.63) is 31.2 Å². The summed E-state index contributed by atoms with van der Waals surface area (Å²) < 4.78 is 8.75. The number of methoxy groups -OCH3 is 2. The lowest BCUT2D eigenvalue weighted by molar-refractivity contribution is -0.140. The molecule has 4 nitrogen and oxygen atoms in total. The highest BCUT2D eigenvalue weighted by atomic mass is 16.5. The van der Waals surface area contributed by atoms with Crippen LogP contribution in [0.5, 0.6) is 0 Å². The van der Waals surface area contributed by atoms with Gasteiger partial charge in [0.15, 0.2) is 0 Å². The molecule has 0 aliphatic rings. The molecular weight excluding hydrogens is 232 g/mol. The summed E-state index contributed by atoms with van der Waals surface area (Å²) in [6.07, 6.45) is 9.77. The molecule has 0 aromatic heterocycles. The van der Waals surface area contributed by atoms with Gasteiger partial charge in [0.05, 0.1) is 34.0 Å². The van der Waals surface area contributed by atoms with Crippen LogP contribution in [0, 0.1) is 6.92 Å². The predicted octanol–water partition coefficient (Wildman–Crippen LogP) is 2.85. The Hall–Kier alpha value is -1.71. The number of hydrogen-bond acceptors (Lipinski definition) is 4. The summed E-state index contributed by atoms with van der Waals surface area (Å²) >= 11 is 0. The number of ether oxygens (including phenoxy) is 2.